The number of fused-ring (bicyclic) bond motifs is 1. The topological polar surface area (TPSA) is 60.5 Å². The predicted octanol–water partition coefficient (Wildman–Crippen LogP) is 5.26. The molecule has 30 heavy (non-hydrogen) atoms. The predicted molar refractivity (Wildman–Crippen MR) is 118 cm³/mol. The molecule has 1 atom stereocenters. The molecule has 2 heterocycles. The monoisotopic (exact) mass is 414 g/mol. The minimum absolute atomic E-state index is 0.169. The molecule has 5 rings (SSSR count). The van der Waals surface area contributed by atoms with Crippen LogP contribution >= 0.6 is 11.3 Å². The Kier molecular flexibility index (Phi) is 4.91. The van der Waals surface area contributed by atoms with Gasteiger partial charge >= 0.3 is 0 Å². The van der Waals surface area contributed by atoms with Crippen molar-refractivity contribution in [3.05, 3.63) is 84.2 Å². The first-order chi connectivity index (χ1) is 14.8. The number of carbonyl (C=O) groups excluding carboxylic acids is 1. The van der Waals surface area contributed by atoms with Crippen LogP contribution in [0.1, 0.15) is 0 Å². The normalized spacial score (nSPS) is 14.9. The average molecular weight is 414 g/mol. The Morgan fingerprint density at radius 2 is 1.53 bits per heavy atom. The number of para-hydroxylation sites is 2. The van der Waals surface area contributed by atoms with E-state index >= 15 is 0 Å². The number of rotatable bonds is 4. The lowest BCUT2D eigenvalue weighted by Crippen LogP contribution is -2.40. The third kappa shape index (κ3) is 3.77. The van der Waals surface area contributed by atoms with Crippen molar-refractivity contribution in [2.24, 2.45) is 0 Å². The van der Waals surface area contributed by atoms with Crippen LogP contribution in [-0.2, 0) is 4.79 Å². The summed E-state index contributed by atoms with van der Waals surface area (Å²) in [4.78, 5) is 17.1. The number of thiazole rings is 1. The van der Waals surface area contributed by atoms with Crippen LogP contribution in [0.15, 0.2) is 84.2 Å². The van der Waals surface area contributed by atoms with E-state index in [4.69, 9.17) is 9.47 Å². The van der Waals surface area contributed by atoms with E-state index in [2.05, 4.69) is 34.6 Å². The summed E-state index contributed by atoms with van der Waals surface area (Å²) in [5.41, 5.74) is 4.14. The van der Waals surface area contributed by atoms with Crippen molar-refractivity contribution in [1.29, 1.82) is 0 Å². The molecule has 148 valence electrons. The molecule has 0 bridgehead atoms. The number of ether oxygens (including phenoxy) is 2. The highest BCUT2D eigenvalue weighted by molar-refractivity contribution is 7.14. The third-order valence-corrected chi connectivity index (χ3v) is 5.58. The van der Waals surface area contributed by atoms with Crippen molar-refractivity contribution in [1.82, 2.24) is 4.98 Å². The first-order valence-corrected chi connectivity index (χ1v) is 10.4. The Labute approximate surface area is 177 Å². The average Bonchev–Trinajstić information content (AvgIpc) is 3.28. The largest absolute Gasteiger partial charge is 0.485 e. The second-order valence-electron chi connectivity index (χ2n) is 6.83. The number of benzene rings is 3. The molecular weight excluding hydrogens is 396 g/mol. The zero-order chi connectivity index (χ0) is 20.3. The van der Waals surface area contributed by atoms with Gasteiger partial charge in [0.1, 0.15) is 6.61 Å². The van der Waals surface area contributed by atoms with Gasteiger partial charge in [-0.25, -0.2) is 4.98 Å². The molecule has 4 aromatic rings. The van der Waals surface area contributed by atoms with E-state index in [1.165, 1.54) is 16.9 Å². The molecule has 1 N–H and O–H groups in total. The van der Waals surface area contributed by atoms with Crippen molar-refractivity contribution >= 4 is 22.4 Å². The van der Waals surface area contributed by atoms with Gasteiger partial charge in [0.15, 0.2) is 16.6 Å². The smallest absolute Gasteiger partial charge is 0.270 e. The summed E-state index contributed by atoms with van der Waals surface area (Å²) in [6, 6.07) is 25.8. The van der Waals surface area contributed by atoms with Gasteiger partial charge in [0.25, 0.3) is 5.91 Å². The number of carbonyl (C=O) groups is 1. The van der Waals surface area contributed by atoms with Crippen LogP contribution in [0.5, 0.6) is 11.5 Å². The van der Waals surface area contributed by atoms with Gasteiger partial charge in [0, 0.05) is 10.9 Å². The Bertz CT molecular complexity index is 1170. The number of aromatic nitrogens is 1. The van der Waals surface area contributed by atoms with E-state index in [9.17, 15) is 4.79 Å². The highest BCUT2D eigenvalue weighted by atomic mass is 32.1. The molecular formula is C24H18N2O3S. The maximum Gasteiger partial charge on any atom is 0.270 e. The molecule has 0 spiro atoms. The van der Waals surface area contributed by atoms with Gasteiger partial charge in [0.2, 0.25) is 6.10 Å². The van der Waals surface area contributed by atoms with E-state index in [0.717, 1.165) is 16.8 Å². The number of hydrogen-bond acceptors (Lipinski definition) is 5. The van der Waals surface area contributed by atoms with Crippen LogP contribution in [0.2, 0.25) is 0 Å². The Hall–Kier alpha value is -3.64. The second-order valence-corrected chi connectivity index (χ2v) is 7.69. The molecule has 0 aliphatic carbocycles. The van der Waals surface area contributed by atoms with Gasteiger partial charge in [-0.2, -0.15) is 0 Å². The molecule has 5 nitrogen and oxygen atoms in total. The summed E-state index contributed by atoms with van der Waals surface area (Å²) < 4.78 is 11.4. The maximum absolute atomic E-state index is 12.6. The van der Waals surface area contributed by atoms with E-state index < -0.39 is 6.10 Å². The summed E-state index contributed by atoms with van der Waals surface area (Å²) in [6.45, 7) is 0.169. The fourth-order valence-electron chi connectivity index (χ4n) is 3.26. The van der Waals surface area contributed by atoms with Crippen LogP contribution in [0.25, 0.3) is 22.4 Å². The SMILES string of the molecule is O=C(Nc1nc(-c2ccc(-c3ccccc3)cc2)cs1)[C@@H]1COc2ccccc2O1. The van der Waals surface area contributed by atoms with Gasteiger partial charge in [-0.1, -0.05) is 66.7 Å². The van der Waals surface area contributed by atoms with E-state index in [1.54, 1.807) is 6.07 Å². The van der Waals surface area contributed by atoms with Crippen molar-refractivity contribution in [2.45, 2.75) is 6.10 Å². The second kappa shape index (κ2) is 8.00. The zero-order valence-electron chi connectivity index (χ0n) is 15.9. The molecule has 0 unspecified atom stereocenters. The van der Waals surface area contributed by atoms with Crippen molar-refractivity contribution in [3.8, 4) is 33.9 Å². The standard InChI is InChI=1S/C24H18N2O3S/c27-23(22-14-28-20-8-4-5-9-21(20)29-22)26-24-25-19(15-30-24)18-12-10-17(11-13-18)16-6-2-1-3-7-16/h1-13,15,22H,14H2,(H,25,26,27)/t22-/m0/s1. The van der Waals surface area contributed by atoms with E-state index in [-0.39, 0.29) is 12.5 Å². The van der Waals surface area contributed by atoms with Crippen LogP contribution in [0.4, 0.5) is 5.13 Å². The van der Waals surface area contributed by atoms with Gasteiger partial charge in [-0.15, -0.1) is 11.3 Å². The summed E-state index contributed by atoms with van der Waals surface area (Å²) >= 11 is 1.38. The number of nitrogens with zero attached hydrogens (tertiary/aromatic N) is 1. The van der Waals surface area contributed by atoms with Gasteiger partial charge in [-0.05, 0) is 23.3 Å². The minimum Gasteiger partial charge on any atom is -0.485 e. The van der Waals surface area contributed by atoms with Crippen molar-refractivity contribution in [2.75, 3.05) is 11.9 Å². The lowest BCUT2D eigenvalue weighted by molar-refractivity contribution is -0.125. The lowest BCUT2D eigenvalue weighted by atomic mass is 10.0. The molecule has 6 heteroatoms. The Morgan fingerprint density at radius 1 is 0.867 bits per heavy atom. The molecule has 0 saturated heterocycles. The summed E-state index contributed by atoms with van der Waals surface area (Å²) in [5.74, 6) is 0.948. The quantitative estimate of drug-likeness (QED) is 0.495. The molecule has 3 aromatic carbocycles. The van der Waals surface area contributed by atoms with E-state index in [0.29, 0.717) is 16.6 Å². The van der Waals surface area contributed by atoms with E-state index in [1.807, 2.05) is 53.9 Å². The highest BCUT2D eigenvalue weighted by Crippen LogP contribution is 2.32. The minimum atomic E-state index is -0.711. The maximum atomic E-state index is 12.6. The van der Waals surface area contributed by atoms with Gasteiger partial charge in [0.05, 0.1) is 5.69 Å². The number of hydrogen-bond donors (Lipinski definition) is 1. The number of anilines is 1. The van der Waals surface area contributed by atoms with Gasteiger partial charge < -0.3 is 9.47 Å². The van der Waals surface area contributed by atoms with Crippen molar-refractivity contribution in [3.63, 3.8) is 0 Å². The molecule has 0 fully saturated rings. The summed E-state index contributed by atoms with van der Waals surface area (Å²) in [7, 11) is 0. The summed E-state index contributed by atoms with van der Waals surface area (Å²) in [5, 5.41) is 5.30. The number of amides is 1. The van der Waals surface area contributed by atoms with Crippen molar-refractivity contribution < 1.29 is 14.3 Å². The van der Waals surface area contributed by atoms with Crippen LogP contribution in [0, 0.1) is 0 Å². The first-order valence-electron chi connectivity index (χ1n) is 9.57. The zero-order valence-corrected chi connectivity index (χ0v) is 16.8. The van der Waals surface area contributed by atoms with Crippen LogP contribution in [-0.4, -0.2) is 23.6 Å². The first kappa shape index (κ1) is 18.4. The van der Waals surface area contributed by atoms with Crippen LogP contribution < -0.4 is 14.8 Å². The molecule has 1 aromatic heterocycles. The fourth-order valence-corrected chi connectivity index (χ4v) is 3.99. The van der Waals surface area contributed by atoms with Crippen LogP contribution in [0.3, 0.4) is 0 Å². The Balaban J connectivity index is 1.26. The molecule has 0 radical (unpaired) electrons. The summed E-state index contributed by atoms with van der Waals surface area (Å²) in [6.07, 6.45) is -0.711. The molecule has 1 aliphatic rings. The van der Waals surface area contributed by atoms with Gasteiger partial charge in [-0.3, -0.25) is 10.1 Å². The molecule has 0 saturated carbocycles. The Morgan fingerprint density at radius 3 is 2.33 bits per heavy atom. The molecule has 1 amide bonds. The molecule has 1 aliphatic heterocycles. The lowest BCUT2D eigenvalue weighted by Gasteiger charge is -2.25. The third-order valence-electron chi connectivity index (χ3n) is 4.82. The highest BCUT2D eigenvalue weighted by Gasteiger charge is 2.27. The fraction of sp³-hybridized carbons (Fsp3) is 0.0833. The number of nitrogens with one attached hydrogen (secondary N) is 1.